The lowest BCUT2D eigenvalue weighted by molar-refractivity contribution is 0.102. The van der Waals surface area contributed by atoms with Gasteiger partial charge in [-0.1, -0.05) is 23.5 Å². The fraction of sp³-hybridized carbons (Fsp3) is 0.391. The molecule has 2 aromatic heterocycles. The number of anilines is 2. The summed E-state index contributed by atoms with van der Waals surface area (Å²) < 4.78 is 16.2. The monoisotopic (exact) mass is 456 g/mol. The molecule has 3 aromatic rings. The van der Waals surface area contributed by atoms with E-state index in [1.54, 1.807) is 13.4 Å². The van der Waals surface area contributed by atoms with Gasteiger partial charge in [0.25, 0.3) is 5.91 Å². The van der Waals surface area contributed by atoms with E-state index in [1.165, 1.54) is 11.3 Å². The molecule has 0 atom stereocenters. The molecule has 0 spiro atoms. The van der Waals surface area contributed by atoms with Crippen molar-refractivity contribution >= 4 is 27.4 Å². The third kappa shape index (κ3) is 5.55. The minimum absolute atomic E-state index is 0.183. The molecule has 0 unspecified atom stereocenters. The summed E-state index contributed by atoms with van der Waals surface area (Å²) in [5.41, 5.74) is 2.48. The molecule has 8 nitrogen and oxygen atoms in total. The number of carbonyl (C=O) groups is 1. The number of hydrogen-bond donors (Lipinski definition) is 1. The summed E-state index contributed by atoms with van der Waals surface area (Å²) in [4.78, 5) is 21.9. The lowest BCUT2D eigenvalue weighted by Crippen LogP contribution is -2.35. The Morgan fingerprint density at radius 2 is 2.03 bits per heavy atom. The Kier molecular flexibility index (Phi) is 7.54. The van der Waals surface area contributed by atoms with Crippen LogP contribution in [0.2, 0.25) is 0 Å². The molecule has 1 fully saturated rings. The first-order valence-electron chi connectivity index (χ1n) is 10.6. The fourth-order valence-corrected chi connectivity index (χ4v) is 4.51. The van der Waals surface area contributed by atoms with Crippen LogP contribution in [0.25, 0.3) is 11.5 Å². The minimum atomic E-state index is -0.183. The van der Waals surface area contributed by atoms with Gasteiger partial charge in [0.15, 0.2) is 10.9 Å². The highest BCUT2D eigenvalue weighted by atomic mass is 32.1. The summed E-state index contributed by atoms with van der Waals surface area (Å²) in [7, 11) is 3.75. The minimum Gasteiger partial charge on any atom is -0.463 e. The third-order valence-electron chi connectivity index (χ3n) is 5.23. The average Bonchev–Trinajstić information content (AvgIpc) is 3.49. The molecule has 4 rings (SSSR count). The second kappa shape index (κ2) is 10.7. The molecule has 1 aliphatic rings. The van der Waals surface area contributed by atoms with E-state index < -0.39 is 0 Å². The van der Waals surface area contributed by atoms with Crippen LogP contribution in [0.5, 0.6) is 0 Å². The molecule has 1 aromatic carbocycles. The molecule has 9 heteroatoms. The molecule has 1 aliphatic heterocycles. The van der Waals surface area contributed by atoms with E-state index in [2.05, 4.69) is 20.1 Å². The van der Waals surface area contributed by atoms with E-state index in [1.807, 2.05) is 43.4 Å². The molecule has 1 amide bonds. The average molecular weight is 457 g/mol. The van der Waals surface area contributed by atoms with Crippen molar-refractivity contribution in [2.45, 2.75) is 6.54 Å². The van der Waals surface area contributed by atoms with Gasteiger partial charge in [-0.25, -0.2) is 4.98 Å². The van der Waals surface area contributed by atoms with Crippen molar-refractivity contribution in [3.63, 3.8) is 0 Å². The first-order chi connectivity index (χ1) is 15.6. The quantitative estimate of drug-likeness (QED) is 0.527. The third-order valence-corrected chi connectivity index (χ3v) is 6.26. The van der Waals surface area contributed by atoms with E-state index in [-0.39, 0.29) is 5.91 Å². The Labute approximate surface area is 191 Å². The number of benzene rings is 1. The van der Waals surface area contributed by atoms with Gasteiger partial charge in [-0.05, 0) is 36.9 Å². The van der Waals surface area contributed by atoms with Crippen molar-refractivity contribution in [2.75, 3.05) is 63.8 Å². The highest BCUT2D eigenvalue weighted by molar-refractivity contribution is 7.20. The highest BCUT2D eigenvalue weighted by Crippen LogP contribution is 2.39. The summed E-state index contributed by atoms with van der Waals surface area (Å²) in [5.74, 6) is 0.503. The van der Waals surface area contributed by atoms with Gasteiger partial charge in [0.1, 0.15) is 10.7 Å². The zero-order valence-corrected chi connectivity index (χ0v) is 19.2. The number of nitrogens with one attached hydrogen (secondary N) is 1. The smallest absolute Gasteiger partial charge is 0.257 e. The van der Waals surface area contributed by atoms with Crippen LogP contribution in [0, 0.1) is 0 Å². The fourth-order valence-electron chi connectivity index (χ4n) is 3.49. The Morgan fingerprint density at radius 3 is 2.72 bits per heavy atom. The molecule has 3 heterocycles. The molecular weight excluding hydrogens is 428 g/mol. The van der Waals surface area contributed by atoms with E-state index in [4.69, 9.17) is 13.9 Å². The van der Waals surface area contributed by atoms with Crippen molar-refractivity contribution in [1.29, 1.82) is 0 Å². The number of rotatable bonds is 9. The summed E-state index contributed by atoms with van der Waals surface area (Å²) >= 11 is 1.46. The summed E-state index contributed by atoms with van der Waals surface area (Å²) in [5, 5.41) is 4.48. The van der Waals surface area contributed by atoms with Gasteiger partial charge >= 0.3 is 0 Å². The van der Waals surface area contributed by atoms with Crippen LogP contribution in [0.15, 0.2) is 47.1 Å². The number of amides is 1. The number of nitrogens with zero attached hydrogens (tertiary/aromatic N) is 3. The lowest BCUT2D eigenvalue weighted by atomic mass is 10.1. The van der Waals surface area contributed by atoms with Gasteiger partial charge in [-0.15, -0.1) is 0 Å². The van der Waals surface area contributed by atoms with E-state index in [9.17, 15) is 4.79 Å². The van der Waals surface area contributed by atoms with E-state index >= 15 is 0 Å². The van der Waals surface area contributed by atoms with E-state index in [0.29, 0.717) is 36.3 Å². The molecule has 1 N–H and O–H groups in total. The number of ether oxygens (including phenoxy) is 2. The largest absolute Gasteiger partial charge is 0.463 e. The molecule has 170 valence electrons. The number of morpholine rings is 1. The molecule has 0 bridgehead atoms. The standard InChI is InChI=1S/C23H28N4O4S/c1-26(9-13-29-2)16-17-5-7-18(8-6-17)21(28)25-23-24-20(19-4-3-12-31-19)22(32-23)27-10-14-30-15-11-27/h3-8,12H,9-11,13-16H2,1-2H3,(H,24,25,28). The van der Waals surface area contributed by atoms with Gasteiger partial charge < -0.3 is 18.8 Å². The number of aromatic nitrogens is 1. The predicted molar refractivity (Wildman–Crippen MR) is 125 cm³/mol. The van der Waals surface area contributed by atoms with Gasteiger partial charge in [0, 0.05) is 38.9 Å². The second-order valence-corrected chi connectivity index (χ2v) is 8.61. The topological polar surface area (TPSA) is 80.1 Å². The SMILES string of the molecule is COCCN(C)Cc1ccc(C(=O)Nc2nc(-c3ccco3)c(N3CCOCC3)s2)cc1. The normalized spacial score (nSPS) is 14.2. The summed E-state index contributed by atoms with van der Waals surface area (Å²) in [6, 6.07) is 11.4. The highest BCUT2D eigenvalue weighted by Gasteiger charge is 2.23. The van der Waals surface area contributed by atoms with Crippen LogP contribution in [0.1, 0.15) is 15.9 Å². The van der Waals surface area contributed by atoms with Gasteiger partial charge in [0.05, 0.1) is 26.1 Å². The molecule has 32 heavy (non-hydrogen) atoms. The van der Waals surface area contributed by atoms with Crippen LogP contribution >= 0.6 is 11.3 Å². The van der Waals surface area contributed by atoms with E-state index in [0.717, 1.165) is 42.4 Å². The van der Waals surface area contributed by atoms with Gasteiger partial charge in [-0.2, -0.15) is 0 Å². The Bertz CT molecular complexity index is 998. The number of furan rings is 1. The zero-order valence-electron chi connectivity index (χ0n) is 18.4. The molecule has 0 aliphatic carbocycles. The van der Waals surface area contributed by atoms with Crippen molar-refractivity contribution in [1.82, 2.24) is 9.88 Å². The Morgan fingerprint density at radius 1 is 1.25 bits per heavy atom. The van der Waals surface area contributed by atoms with Crippen LogP contribution in [0.3, 0.4) is 0 Å². The molecule has 1 saturated heterocycles. The lowest BCUT2D eigenvalue weighted by Gasteiger charge is -2.27. The maximum Gasteiger partial charge on any atom is 0.257 e. The van der Waals surface area contributed by atoms with Crippen molar-refractivity contribution < 1.29 is 18.7 Å². The number of likely N-dealkylation sites (N-methyl/N-ethyl adjacent to an activating group) is 1. The van der Waals surface area contributed by atoms with Crippen LogP contribution < -0.4 is 10.2 Å². The number of carbonyl (C=O) groups excluding carboxylic acids is 1. The maximum absolute atomic E-state index is 12.8. The zero-order chi connectivity index (χ0) is 22.3. The van der Waals surface area contributed by atoms with Crippen LogP contribution in [-0.2, 0) is 16.0 Å². The van der Waals surface area contributed by atoms with Crippen molar-refractivity contribution in [2.24, 2.45) is 0 Å². The Hall–Kier alpha value is -2.72. The second-order valence-electron chi connectivity index (χ2n) is 7.63. The number of thiazole rings is 1. The molecule has 0 saturated carbocycles. The van der Waals surface area contributed by atoms with Gasteiger partial charge in [-0.3, -0.25) is 15.0 Å². The van der Waals surface area contributed by atoms with Crippen LogP contribution in [0.4, 0.5) is 10.1 Å². The number of methoxy groups -OCH3 is 1. The molecular formula is C23H28N4O4S. The van der Waals surface area contributed by atoms with Gasteiger partial charge in [0.2, 0.25) is 0 Å². The summed E-state index contributed by atoms with van der Waals surface area (Å²) in [6.45, 7) is 5.25. The molecule has 0 radical (unpaired) electrons. The Balaban J connectivity index is 1.46. The predicted octanol–water partition coefficient (Wildman–Crippen LogP) is 3.57. The van der Waals surface area contributed by atoms with Crippen molar-refractivity contribution in [3.05, 3.63) is 53.8 Å². The van der Waals surface area contributed by atoms with Crippen LogP contribution in [-0.4, -0.2) is 69.4 Å². The van der Waals surface area contributed by atoms with Crippen molar-refractivity contribution in [3.8, 4) is 11.5 Å². The first kappa shape index (κ1) is 22.5. The maximum atomic E-state index is 12.8. The summed E-state index contributed by atoms with van der Waals surface area (Å²) in [6.07, 6.45) is 1.63. The first-order valence-corrected chi connectivity index (χ1v) is 11.4. The number of hydrogen-bond acceptors (Lipinski definition) is 8.